The zero-order valence-electron chi connectivity index (χ0n) is 12.0. The molecule has 3 N–H and O–H groups in total. The van der Waals surface area contributed by atoms with Gasteiger partial charge in [0.2, 0.25) is 10.0 Å². The van der Waals surface area contributed by atoms with E-state index in [4.69, 9.17) is 5.14 Å². The largest absolute Gasteiger partial charge is 0.321 e. The molecular formula is C15H16N2O3S2. The summed E-state index contributed by atoms with van der Waals surface area (Å²) in [5.74, 6) is -0.310. The number of carbonyl (C=O) groups is 1. The number of hydrogen-bond acceptors (Lipinski definition) is 4. The minimum Gasteiger partial charge on any atom is -0.321 e. The lowest BCUT2D eigenvalue weighted by molar-refractivity contribution is 0.103. The molecule has 7 heteroatoms. The number of fused-ring (bicyclic) bond motifs is 1. The number of carbonyl (C=O) groups excluding carboxylic acids is 1. The average molecular weight is 336 g/mol. The van der Waals surface area contributed by atoms with E-state index in [1.807, 2.05) is 18.2 Å². The summed E-state index contributed by atoms with van der Waals surface area (Å²) in [6.07, 6.45) is 3.27. The van der Waals surface area contributed by atoms with Crippen LogP contribution in [0.15, 0.2) is 28.5 Å². The monoisotopic (exact) mass is 336 g/mol. The molecule has 0 unspecified atom stereocenters. The van der Waals surface area contributed by atoms with E-state index in [9.17, 15) is 13.2 Å². The number of rotatable bonds is 3. The number of primary sulfonamides is 1. The molecule has 0 atom stereocenters. The zero-order chi connectivity index (χ0) is 15.9. The van der Waals surface area contributed by atoms with Crippen LogP contribution in [0.25, 0.3) is 0 Å². The third kappa shape index (κ3) is 2.92. The third-order valence-corrected chi connectivity index (χ3v) is 6.39. The van der Waals surface area contributed by atoms with Crippen molar-refractivity contribution in [2.75, 3.05) is 5.32 Å². The summed E-state index contributed by atoms with van der Waals surface area (Å²) >= 11 is 0.894. The van der Waals surface area contributed by atoms with E-state index in [0.717, 1.165) is 36.3 Å². The number of nitrogens with one attached hydrogen (secondary N) is 1. The molecule has 0 bridgehead atoms. The molecule has 0 saturated heterocycles. The van der Waals surface area contributed by atoms with Gasteiger partial charge in [0.05, 0.1) is 4.88 Å². The van der Waals surface area contributed by atoms with Gasteiger partial charge in [-0.3, -0.25) is 4.79 Å². The highest BCUT2D eigenvalue weighted by Gasteiger charge is 2.19. The normalized spacial score (nSPS) is 13.9. The van der Waals surface area contributed by atoms with Crippen molar-refractivity contribution in [3.63, 3.8) is 0 Å². The highest BCUT2D eigenvalue weighted by molar-refractivity contribution is 7.91. The van der Waals surface area contributed by atoms with Crippen molar-refractivity contribution in [1.82, 2.24) is 0 Å². The van der Waals surface area contributed by atoms with Gasteiger partial charge in [0, 0.05) is 5.69 Å². The van der Waals surface area contributed by atoms with Crippen LogP contribution in [0, 0.1) is 6.92 Å². The van der Waals surface area contributed by atoms with E-state index in [0.29, 0.717) is 10.4 Å². The molecule has 116 valence electrons. The standard InChI is InChI=1S/C15H16N2O3S2/c1-9-7-13(22(16,19)20)21-14(9)15(18)17-12-6-5-10-3-2-4-11(10)8-12/h5-8H,2-4H2,1H3,(H,17,18)(H2,16,19,20). The number of benzene rings is 1. The first-order chi connectivity index (χ1) is 10.3. The Bertz CT molecular complexity index is 854. The third-order valence-electron chi connectivity index (χ3n) is 3.74. The number of sulfonamides is 1. The summed E-state index contributed by atoms with van der Waals surface area (Å²) in [6.45, 7) is 1.70. The van der Waals surface area contributed by atoms with Gasteiger partial charge >= 0.3 is 0 Å². The zero-order valence-corrected chi connectivity index (χ0v) is 13.7. The second kappa shape index (κ2) is 5.49. The number of amides is 1. The van der Waals surface area contributed by atoms with Gasteiger partial charge in [0.25, 0.3) is 5.91 Å². The Morgan fingerprint density at radius 2 is 1.95 bits per heavy atom. The maximum atomic E-state index is 12.3. The van der Waals surface area contributed by atoms with Gasteiger partial charge in [-0.15, -0.1) is 11.3 Å². The number of hydrogen-bond donors (Lipinski definition) is 2. The molecule has 0 spiro atoms. The van der Waals surface area contributed by atoms with E-state index in [1.54, 1.807) is 6.92 Å². The van der Waals surface area contributed by atoms with E-state index in [2.05, 4.69) is 5.32 Å². The van der Waals surface area contributed by atoms with Crippen molar-refractivity contribution in [1.29, 1.82) is 0 Å². The molecule has 5 nitrogen and oxygen atoms in total. The smallest absolute Gasteiger partial charge is 0.266 e. The van der Waals surface area contributed by atoms with Crippen LogP contribution in [-0.4, -0.2) is 14.3 Å². The molecule has 0 radical (unpaired) electrons. The second-order valence-electron chi connectivity index (χ2n) is 5.41. The van der Waals surface area contributed by atoms with Crippen molar-refractivity contribution in [2.45, 2.75) is 30.4 Å². The van der Waals surface area contributed by atoms with E-state index in [-0.39, 0.29) is 10.1 Å². The average Bonchev–Trinajstić information content (AvgIpc) is 3.03. The molecule has 22 heavy (non-hydrogen) atoms. The molecule has 0 aliphatic heterocycles. The minimum atomic E-state index is -3.78. The van der Waals surface area contributed by atoms with E-state index < -0.39 is 10.0 Å². The topological polar surface area (TPSA) is 89.3 Å². The SMILES string of the molecule is Cc1cc(S(N)(=O)=O)sc1C(=O)Nc1ccc2c(c1)CCC2. The molecule has 0 saturated carbocycles. The van der Waals surface area contributed by atoms with Crippen molar-refractivity contribution in [2.24, 2.45) is 5.14 Å². The number of nitrogens with two attached hydrogens (primary N) is 1. The van der Waals surface area contributed by atoms with Gasteiger partial charge < -0.3 is 5.32 Å². The fourth-order valence-electron chi connectivity index (χ4n) is 2.66. The Labute approximate surface area is 133 Å². The Kier molecular flexibility index (Phi) is 3.80. The molecule has 0 fully saturated rings. The molecule has 1 aliphatic rings. The number of anilines is 1. The van der Waals surface area contributed by atoms with Crippen molar-refractivity contribution >= 4 is 33.0 Å². The van der Waals surface area contributed by atoms with Crippen molar-refractivity contribution < 1.29 is 13.2 Å². The van der Waals surface area contributed by atoms with Crippen LogP contribution in [0.5, 0.6) is 0 Å². The lowest BCUT2D eigenvalue weighted by Crippen LogP contribution is -2.12. The molecule has 3 rings (SSSR count). The predicted octanol–water partition coefficient (Wildman–Crippen LogP) is 2.44. The Morgan fingerprint density at radius 3 is 2.64 bits per heavy atom. The first kappa shape index (κ1) is 15.2. The van der Waals surface area contributed by atoms with Crippen LogP contribution in [-0.2, 0) is 22.9 Å². The van der Waals surface area contributed by atoms with Gasteiger partial charge in [0.1, 0.15) is 4.21 Å². The summed E-state index contributed by atoms with van der Waals surface area (Å²) in [5, 5.41) is 7.93. The van der Waals surface area contributed by atoms with Crippen LogP contribution in [0.2, 0.25) is 0 Å². The van der Waals surface area contributed by atoms with Crippen LogP contribution >= 0.6 is 11.3 Å². The molecule has 1 aromatic heterocycles. The van der Waals surface area contributed by atoms with Gasteiger partial charge in [-0.05, 0) is 61.1 Å². The first-order valence-corrected chi connectivity index (χ1v) is 9.27. The first-order valence-electron chi connectivity index (χ1n) is 6.91. The molecule has 1 aromatic carbocycles. The molecule has 2 aromatic rings. The number of thiophene rings is 1. The van der Waals surface area contributed by atoms with Gasteiger partial charge in [-0.2, -0.15) is 0 Å². The highest BCUT2D eigenvalue weighted by atomic mass is 32.2. The fourth-order valence-corrected chi connectivity index (χ4v) is 4.51. The molecule has 1 aliphatic carbocycles. The minimum absolute atomic E-state index is 0.00380. The Morgan fingerprint density at radius 1 is 1.23 bits per heavy atom. The Hall–Kier alpha value is -1.70. The summed E-state index contributed by atoms with van der Waals surface area (Å²) in [5.41, 5.74) is 3.94. The molecule has 1 heterocycles. The van der Waals surface area contributed by atoms with Gasteiger partial charge in [-0.25, -0.2) is 13.6 Å². The van der Waals surface area contributed by atoms with E-state index >= 15 is 0 Å². The lowest BCUT2D eigenvalue weighted by Gasteiger charge is -2.07. The van der Waals surface area contributed by atoms with E-state index in [1.165, 1.54) is 17.2 Å². The maximum Gasteiger partial charge on any atom is 0.266 e. The summed E-state index contributed by atoms with van der Waals surface area (Å²) in [6, 6.07) is 7.34. The highest BCUT2D eigenvalue weighted by Crippen LogP contribution is 2.28. The summed E-state index contributed by atoms with van der Waals surface area (Å²) < 4.78 is 22.7. The van der Waals surface area contributed by atoms with Crippen molar-refractivity contribution in [3.8, 4) is 0 Å². The van der Waals surface area contributed by atoms with Crippen molar-refractivity contribution in [3.05, 3.63) is 45.8 Å². The van der Waals surface area contributed by atoms with Gasteiger partial charge in [0.15, 0.2) is 0 Å². The maximum absolute atomic E-state index is 12.3. The van der Waals surface area contributed by atoms with Gasteiger partial charge in [-0.1, -0.05) is 6.07 Å². The lowest BCUT2D eigenvalue weighted by atomic mass is 10.1. The predicted molar refractivity (Wildman–Crippen MR) is 86.8 cm³/mol. The van der Waals surface area contributed by atoms with Crippen LogP contribution in [0.1, 0.15) is 32.8 Å². The molecule has 1 amide bonds. The van der Waals surface area contributed by atoms with Crippen LogP contribution in [0.3, 0.4) is 0 Å². The quantitative estimate of drug-likeness (QED) is 0.902. The van der Waals surface area contributed by atoms with Crippen LogP contribution in [0.4, 0.5) is 5.69 Å². The summed E-state index contributed by atoms with van der Waals surface area (Å²) in [7, 11) is -3.78. The molecular weight excluding hydrogens is 320 g/mol. The summed E-state index contributed by atoms with van der Waals surface area (Å²) in [4.78, 5) is 12.7. The Balaban J connectivity index is 1.84. The van der Waals surface area contributed by atoms with Crippen LogP contribution < -0.4 is 10.5 Å². The number of aryl methyl sites for hydroxylation is 3. The second-order valence-corrected chi connectivity index (χ2v) is 8.25. The fraction of sp³-hybridized carbons (Fsp3) is 0.267.